The van der Waals surface area contributed by atoms with Crippen molar-refractivity contribution in [1.29, 1.82) is 0 Å². The van der Waals surface area contributed by atoms with Gasteiger partial charge in [0, 0.05) is 31.5 Å². The summed E-state index contributed by atoms with van der Waals surface area (Å²) in [6, 6.07) is 7.57. The minimum absolute atomic E-state index is 0.361. The molecule has 2 rings (SSSR count). The number of methoxy groups -OCH3 is 2. The maximum absolute atomic E-state index is 5.76. The van der Waals surface area contributed by atoms with Crippen LogP contribution in [0.3, 0.4) is 0 Å². The predicted molar refractivity (Wildman–Crippen MR) is 120 cm³/mol. The van der Waals surface area contributed by atoms with Crippen LogP contribution in [-0.4, -0.2) is 59.4 Å². The first-order chi connectivity index (χ1) is 14.7. The lowest BCUT2D eigenvalue weighted by molar-refractivity contribution is 0.0785. The van der Waals surface area contributed by atoms with Crippen molar-refractivity contribution in [2.24, 2.45) is 9.98 Å². The standard InChI is InChI=1S/C23H27N3O4/c1-5-19-7-6-8-20(14-19)25-16-24-17-26-21-15-23(30-12-10-28-4)22(13-18(21)2)29-11-9-27-3/h1,6-8,13-15,17,25H,2,9-12,16H2,3-4H3. The lowest BCUT2D eigenvalue weighted by Gasteiger charge is -2.19. The van der Waals surface area contributed by atoms with Crippen LogP contribution in [0.2, 0.25) is 0 Å². The van der Waals surface area contributed by atoms with Crippen molar-refractivity contribution < 1.29 is 18.9 Å². The van der Waals surface area contributed by atoms with E-state index in [1.807, 2.05) is 24.3 Å². The van der Waals surface area contributed by atoms with Crippen molar-refractivity contribution in [2.75, 3.05) is 52.6 Å². The van der Waals surface area contributed by atoms with Crippen LogP contribution in [0.5, 0.6) is 0 Å². The van der Waals surface area contributed by atoms with Gasteiger partial charge in [-0.3, -0.25) is 4.99 Å². The molecule has 0 aromatic heterocycles. The van der Waals surface area contributed by atoms with Gasteiger partial charge in [0.15, 0.2) is 11.5 Å². The molecule has 0 saturated carbocycles. The highest BCUT2D eigenvalue weighted by atomic mass is 16.6. The molecule has 0 heterocycles. The summed E-state index contributed by atoms with van der Waals surface area (Å²) in [6.07, 6.45) is 10.4. The molecule has 7 nitrogen and oxygen atoms in total. The molecule has 1 aliphatic carbocycles. The molecule has 1 aromatic carbocycles. The lowest BCUT2D eigenvalue weighted by atomic mass is 10.0. The highest BCUT2D eigenvalue weighted by Gasteiger charge is 2.17. The second-order valence-electron chi connectivity index (χ2n) is 6.10. The Morgan fingerprint density at radius 2 is 1.77 bits per heavy atom. The Morgan fingerprint density at radius 3 is 2.43 bits per heavy atom. The van der Waals surface area contributed by atoms with Crippen LogP contribution in [0, 0.1) is 12.3 Å². The van der Waals surface area contributed by atoms with Crippen LogP contribution in [0.15, 0.2) is 70.1 Å². The van der Waals surface area contributed by atoms with E-state index < -0.39 is 0 Å². The van der Waals surface area contributed by atoms with Crippen molar-refractivity contribution in [3.63, 3.8) is 0 Å². The smallest absolute Gasteiger partial charge is 0.163 e. The van der Waals surface area contributed by atoms with E-state index >= 15 is 0 Å². The number of aliphatic imine (C=N–C) groups is 2. The fourth-order valence-corrected chi connectivity index (χ4v) is 2.41. The second kappa shape index (κ2) is 13.0. The number of nitrogens with zero attached hydrogens (tertiary/aromatic N) is 2. The van der Waals surface area contributed by atoms with Crippen LogP contribution in [-0.2, 0) is 18.9 Å². The molecular weight excluding hydrogens is 382 g/mol. The number of rotatable bonds is 12. The molecule has 1 aliphatic rings. The van der Waals surface area contributed by atoms with Gasteiger partial charge in [-0.1, -0.05) is 18.6 Å². The van der Waals surface area contributed by atoms with Crippen molar-refractivity contribution in [3.05, 3.63) is 65.7 Å². The van der Waals surface area contributed by atoms with Gasteiger partial charge >= 0.3 is 0 Å². The number of hydrogen-bond acceptors (Lipinski definition) is 6. The number of allylic oxidation sites excluding steroid dienone is 3. The molecule has 0 saturated heterocycles. The van der Waals surface area contributed by atoms with Crippen molar-refractivity contribution in [3.8, 4) is 12.3 Å². The maximum atomic E-state index is 5.76. The molecule has 0 unspecified atom stereocenters. The van der Waals surface area contributed by atoms with Gasteiger partial charge in [0.1, 0.15) is 26.2 Å². The van der Waals surface area contributed by atoms with Gasteiger partial charge in [-0.2, -0.15) is 0 Å². The molecule has 0 amide bonds. The monoisotopic (exact) mass is 409 g/mol. The van der Waals surface area contributed by atoms with E-state index in [0.29, 0.717) is 55.9 Å². The van der Waals surface area contributed by atoms with E-state index in [0.717, 1.165) is 11.3 Å². The Morgan fingerprint density at radius 1 is 1.07 bits per heavy atom. The third kappa shape index (κ3) is 7.59. The first-order valence-electron chi connectivity index (χ1n) is 9.41. The second-order valence-corrected chi connectivity index (χ2v) is 6.10. The summed E-state index contributed by atoms with van der Waals surface area (Å²) in [4.78, 5) is 8.64. The summed E-state index contributed by atoms with van der Waals surface area (Å²) in [7, 11) is 3.24. The molecular formula is C23H27N3O4. The zero-order chi connectivity index (χ0) is 21.6. The molecule has 0 radical (unpaired) electrons. The molecule has 0 spiro atoms. The zero-order valence-electron chi connectivity index (χ0n) is 17.4. The van der Waals surface area contributed by atoms with Crippen molar-refractivity contribution >= 4 is 17.7 Å². The van der Waals surface area contributed by atoms with E-state index in [9.17, 15) is 0 Å². The first-order valence-corrected chi connectivity index (χ1v) is 9.41. The summed E-state index contributed by atoms with van der Waals surface area (Å²) in [5.41, 5.74) is 3.04. The van der Waals surface area contributed by atoms with Crippen molar-refractivity contribution in [2.45, 2.75) is 0 Å². The molecule has 1 aromatic rings. The van der Waals surface area contributed by atoms with Gasteiger partial charge in [-0.25, -0.2) is 4.99 Å². The first kappa shape index (κ1) is 22.9. The van der Waals surface area contributed by atoms with Crippen LogP contribution in [0.4, 0.5) is 5.69 Å². The van der Waals surface area contributed by atoms with Crippen molar-refractivity contribution in [1.82, 2.24) is 0 Å². The number of hydrogen-bond donors (Lipinski definition) is 1. The van der Waals surface area contributed by atoms with Crippen LogP contribution in [0.1, 0.15) is 5.56 Å². The summed E-state index contributed by atoms with van der Waals surface area (Å²) in [5, 5.41) is 3.16. The number of nitrogens with one attached hydrogen (secondary N) is 1. The molecule has 1 N–H and O–H groups in total. The Kier molecular flexibility index (Phi) is 9.93. The average Bonchev–Trinajstić information content (AvgIpc) is 2.76. The SMILES string of the molecule is C#Cc1cccc(NCN=CN=C2C=C(OCCOC)C(OCCOC)=CC2=C)c1. The molecule has 30 heavy (non-hydrogen) atoms. The quantitative estimate of drug-likeness (QED) is 0.248. The minimum Gasteiger partial charge on any atom is -0.487 e. The van der Waals surface area contributed by atoms with Gasteiger partial charge in [-0.15, -0.1) is 6.42 Å². The summed E-state index contributed by atoms with van der Waals surface area (Å²) in [6.45, 7) is 6.12. The van der Waals surface area contributed by atoms with E-state index in [1.165, 1.54) is 6.34 Å². The average molecular weight is 409 g/mol. The Labute approximate surface area is 177 Å². The van der Waals surface area contributed by atoms with E-state index in [-0.39, 0.29) is 0 Å². The number of anilines is 1. The number of benzene rings is 1. The topological polar surface area (TPSA) is 73.7 Å². The maximum Gasteiger partial charge on any atom is 0.163 e. The molecule has 0 bridgehead atoms. The number of ether oxygens (including phenoxy) is 4. The highest BCUT2D eigenvalue weighted by Crippen LogP contribution is 2.22. The van der Waals surface area contributed by atoms with E-state index in [1.54, 1.807) is 26.4 Å². The lowest BCUT2D eigenvalue weighted by Crippen LogP contribution is -2.14. The van der Waals surface area contributed by atoms with Crippen LogP contribution < -0.4 is 5.32 Å². The highest BCUT2D eigenvalue weighted by molar-refractivity contribution is 6.14. The fraction of sp³-hybridized carbons (Fsp3) is 0.304. The summed E-state index contributed by atoms with van der Waals surface area (Å²) < 4.78 is 21.5. The molecule has 7 heteroatoms. The van der Waals surface area contributed by atoms with E-state index in [4.69, 9.17) is 25.4 Å². The zero-order valence-corrected chi connectivity index (χ0v) is 17.4. The molecule has 0 fully saturated rings. The number of terminal acetylenes is 1. The predicted octanol–water partition coefficient (Wildman–Crippen LogP) is 3.17. The van der Waals surface area contributed by atoms with Crippen LogP contribution in [0.25, 0.3) is 0 Å². The Bertz CT molecular complexity index is 879. The van der Waals surface area contributed by atoms with Gasteiger partial charge in [-0.05, 0) is 29.8 Å². The van der Waals surface area contributed by atoms with Gasteiger partial charge in [0.25, 0.3) is 0 Å². The largest absolute Gasteiger partial charge is 0.487 e. The fourth-order valence-electron chi connectivity index (χ4n) is 2.41. The Hall–Kier alpha value is -3.34. The van der Waals surface area contributed by atoms with E-state index in [2.05, 4.69) is 27.8 Å². The minimum atomic E-state index is 0.361. The Balaban J connectivity index is 1.99. The molecule has 0 atom stereocenters. The van der Waals surface area contributed by atoms with Crippen LogP contribution >= 0.6 is 0 Å². The third-order valence-corrected chi connectivity index (χ3v) is 3.92. The molecule has 0 aliphatic heterocycles. The molecule has 158 valence electrons. The third-order valence-electron chi connectivity index (χ3n) is 3.92. The van der Waals surface area contributed by atoms with Gasteiger partial charge < -0.3 is 24.3 Å². The van der Waals surface area contributed by atoms with Gasteiger partial charge in [0.2, 0.25) is 0 Å². The summed E-state index contributed by atoms with van der Waals surface area (Å²) >= 11 is 0. The summed E-state index contributed by atoms with van der Waals surface area (Å²) in [5.74, 6) is 3.74. The van der Waals surface area contributed by atoms with Gasteiger partial charge in [0.05, 0.1) is 18.9 Å². The normalized spacial score (nSPS) is 15.0.